The number of alkyl halides is 2. The molecule has 28 heavy (non-hydrogen) atoms. The highest BCUT2D eigenvalue weighted by Gasteiger charge is 2.54. The Labute approximate surface area is 162 Å². The molecule has 2 aromatic carbocycles. The highest BCUT2D eigenvalue weighted by molar-refractivity contribution is 5.86. The monoisotopic (exact) mass is 394 g/mol. The summed E-state index contributed by atoms with van der Waals surface area (Å²) >= 11 is 0. The first-order valence-electron chi connectivity index (χ1n) is 8.59. The summed E-state index contributed by atoms with van der Waals surface area (Å²) in [7, 11) is 1.59. The Bertz CT molecular complexity index is 795. The number of methoxy groups -OCH3 is 1. The van der Waals surface area contributed by atoms with E-state index >= 15 is 0 Å². The number of halogens is 2. The van der Waals surface area contributed by atoms with Crippen LogP contribution in [0.15, 0.2) is 48.5 Å². The van der Waals surface area contributed by atoms with Gasteiger partial charge in [0.25, 0.3) is 12.3 Å². The Morgan fingerprint density at radius 1 is 1.07 bits per heavy atom. The van der Waals surface area contributed by atoms with E-state index in [-0.39, 0.29) is 6.54 Å². The van der Waals surface area contributed by atoms with Crippen LogP contribution in [0.3, 0.4) is 0 Å². The Kier molecular flexibility index (Phi) is 6.71. The summed E-state index contributed by atoms with van der Waals surface area (Å²) in [6.45, 7) is 1.97. The fraction of sp³-hybridized carbons (Fsp3) is 0.350. The van der Waals surface area contributed by atoms with Gasteiger partial charge in [0.05, 0.1) is 7.11 Å². The lowest BCUT2D eigenvalue weighted by Gasteiger charge is -2.40. The summed E-state index contributed by atoms with van der Waals surface area (Å²) in [5, 5.41) is 21.7. The number of rotatable bonds is 8. The number of hydrogen-bond acceptors (Lipinski definition) is 5. The average molecular weight is 394 g/mol. The zero-order valence-electron chi connectivity index (χ0n) is 15.9. The predicted molar refractivity (Wildman–Crippen MR) is 100 cm³/mol. The molecule has 0 fully saturated rings. The minimum atomic E-state index is -3.21. The van der Waals surface area contributed by atoms with Gasteiger partial charge in [-0.15, -0.1) is 0 Å². The van der Waals surface area contributed by atoms with Crippen molar-refractivity contribution in [1.82, 2.24) is 10.8 Å². The molecule has 8 heteroatoms. The van der Waals surface area contributed by atoms with Crippen molar-refractivity contribution in [2.75, 3.05) is 7.11 Å². The Morgan fingerprint density at radius 3 is 2.00 bits per heavy atom. The molecule has 0 aliphatic heterocycles. The number of ether oxygens (including phenoxy) is 1. The normalized spacial score (nSPS) is 15.6. The van der Waals surface area contributed by atoms with E-state index in [1.165, 1.54) is 5.48 Å². The van der Waals surface area contributed by atoms with Crippen LogP contribution in [0.5, 0.6) is 5.75 Å². The van der Waals surface area contributed by atoms with Gasteiger partial charge < -0.3 is 9.84 Å². The second-order valence-corrected chi connectivity index (χ2v) is 6.79. The molecule has 1 unspecified atom stereocenters. The summed E-state index contributed by atoms with van der Waals surface area (Å²) in [6.07, 6.45) is -3.21. The molecule has 0 radical (unpaired) electrons. The van der Waals surface area contributed by atoms with Crippen molar-refractivity contribution in [3.63, 3.8) is 0 Å². The van der Waals surface area contributed by atoms with Crippen molar-refractivity contribution in [3.8, 4) is 16.9 Å². The molecule has 0 heterocycles. The molecule has 0 saturated carbocycles. The maximum Gasteiger partial charge on any atom is 0.268 e. The summed E-state index contributed by atoms with van der Waals surface area (Å²) in [4.78, 5) is 12.0. The molecule has 0 saturated heterocycles. The van der Waals surface area contributed by atoms with Gasteiger partial charge in [-0.3, -0.25) is 15.3 Å². The summed E-state index contributed by atoms with van der Waals surface area (Å²) in [5.41, 5.74) is -0.857. The first kappa shape index (κ1) is 21.7. The van der Waals surface area contributed by atoms with Gasteiger partial charge in [-0.1, -0.05) is 36.4 Å². The molecule has 2 rings (SSSR count). The van der Waals surface area contributed by atoms with Gasteiger partial charge in [-0.25, -0.2) is 14.3 Å². The second-order valence-electron chi connectivity index (χ2n) is 6.79. The van der Waals surface area contributed by atoms with Crippen LogP contribution in [0.2, 0.25) is 0 Å². The quantitative estimate of drug-likeness (QED) is 0.408. The highest BCUT2D eigenvalue weighted by atomic mass is 19.3. The van der Waals surface area contributed by atoms with E-state index in [4.69, 9.17) is 9.94 Å². The van der Waals surface area contributed by atoms with Gasteiger partial charge in [-0.05, 0) is 42.7 Å². The molecule has 0 aliphatic carbocycles. The van der Waals surface area contributed by atoms with Gasteiger partial charge in [0.15, 0.2) is 0 Å². The Morgan fingerprint density at radius 2 is 1.57 bits per heavy atom. The molecule has 0 aromatic heterocycles. The summed E-state index contributed by atoms with van der Waals surface area (Å²) < 4.78 is 31.7. The standard InChI is InChI=1S/C20H24F2N2O4/c1-19(18(25)24-27,20(2,26)17(21)22)23-12-13-4-6-14(7-5-13)15-8-10-16(28-3)11-9-15/h4-11,17,23,26-27H,12H2,1-3H3,(H,24,25)/t19-,20?/m1/s1. The molecule has 0 aliphatic rings. The molecule has 152 valence electrons. The van der Waals surface area contributed by atoms with Crippen molar-refractivity contribution in [2.45, 2.75) is 38.0 Å². The highest BCUT2D eigenvalue weighted by Crippen LogP contribution is 2.30. The molecular formula is C20H24F2N2O4. The Balaban J connectivity index is 2.16. The van der Waals surface area contributed by atoms with Crippen LogP contribution in [0, 0.1) is 0 Å². The van der Waals surface area contributed by atoms with Crippen LogP contribution in [-0.2, 0) is 11.3 Å². The van der Waals surface area contributed by atoms with E-state index in [1.54, 1.807) is 19.2 Å². The maximum absolute atomic E-state index is 13.3. The predicted octanol–water partition coefficient (Wildman–Crippen LogP) is 2.73. The van der Waals surface area contributed by atoms with Gasteiger partial charge in [0.1, 0.15) is 16.9 Å². The number of nitrogens with one attached hydrogen (secondary N) is 2. The fourth-order valence-corrected chi connectivity index (χ4v) is 2.70. The van der Waals surface area contributed by atoms with E-state index in [9.17, 15) is 18.7 Å². The lowest BCUT2D eigenvalue weighted by Crippen LogP contribution is -2.69. The van der Waals surface area contributed by atoms with Crippen molar-refractivity contribution in [2.24, 2.45) is 0 Å². The minimum absolute atomic E-state index is 0.0235. The van der Waals surface area contributed by atoms with Crippen LogP contribution >= 0.6 is 0 Å². The van der Waals surface area contributed by atoms with Crippen LogP contribution < -0.4 is 15.5 Å². The van der Waals surface area contributed by atoms with E-state index in [0.717, 1.165) is 30.7 Å². The largest absolute Gasteiger partial charge is 0.497 e. The topological polar surface area (TPSA) is 90.8 Å². The molecule has 4 N–H and O–H groups in total. The number of carbonyl (C=O) groups is 1. The van der Waals surface area contributed by atoms with Crippen LogP contribution in [-0.4, -0.2) is 40.9 Å². The van der Waals surface area contributed by atoms with Crippen LogP contribution in [0.1, 0.15) is 19.4 Å². The molecule has 6 nitrogen and oxygen atoms in total. The van der Waals surface area contributed by atoms with Crippen molar-refractivity contribution in [1.29, 1.82) is 0 Å². The average Bonchev–Trinajstić information content (AvgIpc) is 2.71. The van der Waals surface area contributed by atoms with Crippen LogP contribution in [0.25, 0.3) is 11.1 Å². The minimum Gasteiger partial charge on any atom is -0.497 e. The number of amides is 1. The molecule has 1 amide bonds. The number of aliphatic hydroxyl groups is 1. The van der Waals surface area contributed by atoms with Gasteiger partial charge in [-0.2, -0.15) is 0 Å². The first-order valence-corrected chi connectivity index (χ1v) is 8.59. The fourth-order valence-electron chi connectivity index (χ4n) is 2.70. The lowest BCUT2D eigenvalue weighted by atomic mass is 9.81. The molecule has 2 aromatic rings. The summed E-state index contributed by atoms with van der Waals surface area (Å²) in [6, 6.07) is 14.8. The number of hydrogen-bond donors (Lipinski definition) is 4. The van der Waals surface area contributed by atoms with Crippen LogP contribution in [0.4, 0.5) is 8.78 Å². The van der Waals surface area contributed by atoms with Crippen molar-refractivity contribution >= 4 is 5.91 Å². The Hall–Kier alpha value is -2.55. The smallest absolute Gasteiger partial charge is 0.268 e. The number of hydroxylamine groups is 1. The number of carbonyl (C=O) groups excluding carboxylic acids is 1. The molecular weight excluding hydrogens is 370 g/mol. The van der Waals surface area contributed by atoms with Crippen molar-refractivity contribution in [3.05, 3.63) is 54.1 Å². The lowest BCUT2D eigenvalue weighted by molar-refractivity contribution is -0.167. The second kappa shape index (κ2) is 8.64. The number of benzene rings is 2. The molecule has 2 atom stereocenters. The van der Waals surface area contributed by atoms with E-state index in [0.29, 0.717) is 5.56 Å². The maximum atomic E-state index is 13.3. The third-order valence-corrected chi connectivity index (χ3v) is 5.02. The first-order chi connectivity index (χ1) is 13.2. The van der Waals surface area contributed by atoms with E-state index in [1.807, 2.05) is 36.4 Å². The molecule has 0 spiro atoms. The van der Waals surface area contributed by atoms with Gasteiger partial charge in [0, 0.05) is 6.54 Å². The zero-order valence-corrected chi connectivity index (χ0v) is 15.9. The third kappa shape index (κ3) is 4.30. The SMILES string of the molecule is COc1ccc(-c2ccc(CN[C@](C)(C(=O)NO)C(C)(O)C(F)F)cc2)cc1. The van der Waals surface area contributed by atoms with Crippen molar-refractivity contribution < 1.29 is 28.6 Å². The zero-order chi connectivity index (χ0) is 20.9. The van der Waals surface area contributed by atoms with E-state index < -0.39 is 23.5 Å². The summed E-state index contributed by atoms with van der Waals surface area (Å²) in [5.74, 6) is -0.412. The van der Waals surface area contributed by atoms with E-state index in [2.05, 4.69) is 5.32 Å². The third-order valence-electron chi connectivity index (χ3n) is 5.02. The van der Waals surface area contributed by atoms with Gasteiger partial charge in [0.2, 0.25) is 0 Å². The molecule has 0 bridgehead atoms. The van der Waals surface area contributed by atoms with Gasteiger partial charge >= 0.3 is 0 Å².